The highest BCUT2D eigenvalue weighted by atomic mass is 16.5. The minimum atomic E-state index is -0.435. The average Bonchev–Trinajstić information content (AvgIpc) is 3.18. The highest BCUT2D eigenvalue weighted by molar-refractivity contribution is 5.82. The fourth-order valence-corrected chi connectivity index (χ4v) is 5.29. The number of aromatic nitrogens is 2. The molecule has 1 N–H and O–H groups in total. The Hall–Kier alpha value is -2.12. The lowest BCUT2D eigenvalue weighted by Crippen LogP contribution is -2.47. The zero-order valence-corrected chi connectivity index (χ0v) is 16.5. The summed E-state index contributed by atoms with van der Waals surface area (Å²) in [5.41, 5.74) is -0.435. The summed E-state index contributed by atoms with van der Waals surface area (Å²) in [5, 5.41) is 7.21. The number of likely N-dealkylation sites (tertiary alicyclic amines) is 2. The Bertz CT molecular complexity index is 770. The van der Waals surface area contributed by atoms with Crippen LogP contribution in [0.15, 0.2) is 4.52 Å². The summed E-state index contributed by atoms with van der Waals surface area (Å²) < 4.78 is 5.58. The van der Waals surface area contributed by atoms with Crippen molar-refractivity contribution >= 4 is 11.9 Å². The molecule has 0 spiro atoms. The lowest BCUT2D eigenvalue weighted by atomic mass is 9.81. The SMILES string of the molecule is Cc1noc([C@]23CN(C(=O)NC4CCCCC4)C[C@H]2CN(C(=O)C2CC2)C3)n1. The van der Waals surface area contributed by atoms with Crippen LogP contribution in [0.2, 0.25) is 0 Å². The number of nitrogens with zero attached hydrogens (tertiary/aromatic N) is 4. The van der Waals surface area contributed by atoms with Crippen molar-refractivity contribution in [3.05, 3.63) is 11.7 Å². The molecule has 1 aromatic rings. The van der Waals surface area contributed by atoms with E-state index in [1.165, 1.54) is 19.3 Å². The van der Waals surface area contributed by atoms with Crippen LogP contribution in [0.5, 0.6) is 0 Å². The normalized spacial score (nSPS) is 30.5. The molecule has 0 bridgehead atoms. The van der Waals surface area contributed by atoms with Crippen LogP contribution in [0.3, 0.4) is 0 Å². The first kappa shape index (κ1) is 17.9. The molecule has 2 saturated carbocycles. The molecular formula is C20H29N5O3. The van der Waals surface area contributed by atoms with Gasteiger partial charge in [-0.2, -0.15) is 4.98 Å². The smallest absolute Gasteiger partial charge is 0.317 e. The van der Waals surface area contributed by atoms with E-state index in [0.29, 0.717) is 37.9 Å². The predicted molar refractivity (Wildman–Crippen MR) is 100 cm³/mol. The van der Waals surface area contributed by atoms with Gasteiger partial charge >= 0.3 is 6.03 Å². The van der Waals surface area contributed by atoms with Crippen LogP contribution in [0, 0.1) is 18.8 Å². The van der Waals surface area contributed by atoms with Crippen LogP contribution >= 0.6 is 0 Å². The third kappa shape index (κ3) is 3.06. The summed E-state index contributed by atoms with van der Waals surface area (Å²) in [6.07, 6.45) is 7.79. The monoisotopic (exact) mass is 387 g/mol. The van der Waals surface area contributed by atoms with Gasteiger partial charge in [0.15, 0.2) is 5.82 Å². The Morgan fingerprint density at radius 2 is 1.79 bits per heavy atom. The Morgan fingerprint density at radius 1 is 1.07 bits per heavy atom. The summed E-state index contributed by atoms with van der Waals surface area (Å²) in [4.78, 5) is 34.0. The molecule has 8 heteroatoms. The average molecular weight is 387 g/mol. The molecular weight excluding hydrogens is 358 g/mol. The highest BCUT2D eigenvalue weighted by Crippen LogP contribution is 2.46. The minimum absolute atomic E-state index is 0.0111. The molecule has 3 heterocycles. The second kappa shape index (κ2) is 6.74. The van der Waals surface area contributed by atoms with Gasteiger partial charge in [0, 0.05) is 44.1 Å². The van der Waals surface area contributed by atoms with Crippen LogP contribution in [0.1, 0.15) is 56.7 Å². The standard InChI is InChI=1S/C20H29N5O3/c1-13-21-18(28-23-13)20-11-24(17(26)14-7-8-14)9-15(20)10-25(12-20)19(27)22-16-5-3-2-4-6-16/h14-16H,2-12H2,1H3,(H,22,27)/t15-,20-/m1/s1. The maximum atomic E-state index is 12.9. The summed E-state index contributed by atoms with van der Waals surface area (Å²) in [7, 11) is 0. The molecule has 0 unspecified atom stereocenters. The van der Waals surface area contributed by atoms with Crippen molar-refractivity contribution < 1.29 is 14.1 Å². The fourth-order valence-electron chi connectivity index (χ4n) is 5.29. The molecule has 4 fully saturated rings. The number of amides is 3. The van der Waals surface area contributed by atoms with E-state index >= 15 is 0 Å². The van der Waals surface area contributed by atoms with E-state index < -0.39 is 5.41 Å². The van der Waals surface area contributed by atoms with Gasteiger partial charge in [0.2, 0.25) is 11.8 Å². The van der Waals surface area contributed by atoms with Gasteiger partial charge in [-0.05, 0) is 32.6 Å². The highest BCUT2D eigenvalue weighted by Gasteiger charge is 2.59. The van der Waals surface area contributed by atoms with Crippen molar-refractivity contribution in [1.29, 1.82) is 0 Å². The first-order chi connectivity index (χ1) is 13.5. The fraction of sp³-hybridized carbons (Fsp3) is 0.800. The molecule has 0 radical (unpaired) electrons. The van der Waals surface area contributed by atoms with E-state index in [4.69, 9.17) is 4.52 Å². The first-order valence-electron chi connectivity index (χ1n) is 10.7. The number of nitrogens with one attached hydrogen (secondary N) is 1. The molecule has 3 amide bonds. The van der Waals surface area contributed by atoms with Crippen LogP contribution < -0.4 is 5.32 Å². The molecule has 1 aromatic heterocycles. The molecule has 4 aliphatic rings. The summed E-state index contributed by atoms with van der Waals surface area (Å²) in [6.45, 7) is 4.22. The van der Waals surface area contributed by atoms with Gasteiger partial charge in [0.05, 0.1) is 5.41 Å². The van der Waals surface area contributed by atoms with Crippen molar-refractivity contribution in [3.8, 4) is 0 Å². The maximum Gasteiger partial charge on any atom is 0.317 e. The number of urea groups is 1. The van der Waals surface area contributed by atoms with Crippen LogP contribution in [0.4, 0.5) is 4.79 Å². The van der Waals surface area contributed by atoms with E-state index in [-0.39, 0.29) is 29.8 Å². The van der Waals surface area contributed by atoms with Crippen molar-refractivity contribution in [2.24, 2.45) is 11.8 Å². The third-order valence-electron chi connectivity index (χ3n) is 7.02. The van der Waals surface area contributed by atoms with Gasteiger partial charge in [-0.3, -0.25) is 4.79 Å². The maximum absolute atomic E-state index is 12.9. The lowest BCUT2D eigenvalue weighted by molar-refractivity contribution is -0.131. The molecule has 2 atom stereocenters. The number of hydrogen-bond acceptors (Lipinski definition) is 5. The molecule has 0 aromatic carbocycles. The van der Waals surface area contributed by atoms with Crippen molar-refractivity contribution in [1.82, 2.24) is 25.3 Å². The van der Waals surface area contributed by atoms with Gasteiger partial charge in [0.25, 0.3) is 0 Å². The van der Waals surface area contributed by atoms with E-state index in [1.807, 2.05) is 16.7 Å². The number of carbonyl (C=O) groups excluding carboxylic acids is 2. The quantitative estimate of drug-likeness (QED) is 0.854. The van der Waals surface area contributed by atoms with Gasteiger partial charge in [0.1, 0.15) is 0 Å². The number of aryl methyl sites for hydroxylation is 1. The van der Waals surface area contributed by atoms with Crippen molar-refractivity contribution in [2.75, 3.05) is 26.2 Å². The number of hydrogen-bond donors (Lipinski definition) is 1. The summed E-state index contributed by atoms with van der Waals surface area (Å²) in [6, 6.07) is 0.299. The number of fused-ring (bicyclic) bond motifs is 1. The lowest BCUT2D eigenvalue weighted by Gasteiger charge is -2.28. The zero-order chi connectivity index (χ0) is 19.3. The predicted octanol–water partition coefficient (Wildman–Crippen LogP) is 1.84. The van der Waals surface area contributed by atoms with Crippen molar-refractivity contribution in [3.63, 3.8) is 0 Å². The van der Waals surface area contributed by atoms with Crippen LogP contribution in [-0.4, -0.2) is 64.1 Å². The summed E-state index contributed by atoms with van der Waals surface area (Å²) in [5.74, 6) is 1.77. The topological polar surface area (TPSA) is 91.6 Å². The van der Waals surface area contributed by atoms with Crippen LogP contribution in [0.25, 0.3) is 0 Å². The largest absolute Gasteiger partial charge is 0.341 e. The van der Waals surface area contributed by atoms with Crippen molar-refractivity contribution in [2.45, 2.75) is 63.3 Å². The Balaban J connectivity index is 1.34. The first-order valence-corrected chi connectivity index (χ1v) is 10.7. The summed E-state index contributed by atoms with van der Waals surface area (Å²) >= 11 is 0. The van der Waals surface area contributed by atoms with Crippen LogP contribution in [-0.2, 0) is 10.2 Å². The van der Waals surface area contributed by atoms with Gasteiger partial charge in [-0.1, -0.05) is 24.4 Å². The van der Waals surface area contributed by atoms with E-state index in [1.54, 1.807) is 0 Å². The zero-order valence-electron chi connectivity index (χ0n) is 16.5. The van der Waals surface area contributed by atoms with Gasteiger partial charge < -0.3 is 19.6 Å². The Morgan fingerprint density at radius 3 is 2.46 bits per heavy atom. The molecule has 2 aliphatic heterocycles. The minimum Gasteiger partial charge on any atom is -0.341 e. The molecule has 2 saturated heterocycles. The third-order valence-corrected chi connectivity index (χ3v) is 7.02. The van der Waals surface area contributed by atoms with E-state index in [0.717, 1.165) is 25.7 Å². The number of rotatable bonds is 3. The number of carbonyl (C=O) groups is 2. The molecule has 152 valence electrons. The van der Waals surface area contributed by atoms with E-state index in [9.17, 15) is 9.59 Å². The second-order valence-corrected chi connectivity index (χ2v) is 9.16. The molecule has 28 heavy (non-hydrogen) atoms. The Kier molecular flexibility index (Phi) is 4.32. The Labute approximate surface area is 165 Å². The van der Waals surface area contributed by atoms with E-state index in [2.05, 4.69) is 15.5 Å². The van der Waals surface area contributed by atoms with Gasteiger partial charge in [-0.15, -0.1) is 0 Å². The molecule has 8 nitrogen and oxygen atoms in total. The second-order valence-electron chi connectivity index (χ2n) is 9.16. The molecule has 5 rings (SSSR count). The van der Waals surface area contributed by atoms with Gasteiger partial charge in [-0.25, -0.2) is 4.79 Å². The molecule has 2 aliphatic carbocycles.